The number of nitrogens with zero attached hydrogens (tertiary/aromatic N) is 1. The highest BCUT2D eigenvalue weighted by Crippen LogP contribution is 2.24. The Morgan fingerprint density at radius 3 is 2.68 bits per heavy atom. The van der Waals surface area contributed by atoms with Crippen LogP contribution in [0.2, 0.25) is 0 Å². The zero-order valence-corrected chi connectivity index (χ0v) is 13.0. The van der Waals surface area contributed by atoms with E-state index in [0.29, 0.717) is 5.69 Å². The molecule has 0 fully saturated rings. The van der Waals surface area contributed by atoms with Crippen molar-refractivity contribution in [3.63, 3.8) is 0 Å². The van der Waals surface area contributed by atoms with Gasteiger partial charge in [0.15, 0.2) is 0 Å². The highest BCUT2D eigenvalue weighted by atomic mass is 32.2. The van der Waals surface area contributed by atoms with Crippen LogP contribution in [0.25, 0.3) is 0 Å². The van der Waals surface area contributed by atoms with Gasteiger partial charge in [0.25, 0.3) is 15.9 Å². The van der Waals surface area contributed by atoms with Gasteiger partial charge >= 0.3 is 0 Å². The summed E-state index contributed by atoms with van der Waals surface area (Å²) in [5.41, 5.74) is 4.87. The maximum absolute atomic E-state index is 12.3. The van der Waals surface area contributed by atoms with Crippen molar-refractivity contribution in [3.05, 3.63) is 53.3 Å². The van der Waals surface area contributed by atoms with Gasteiger partial charge in [-0.1, -0.05) is 6.07 Å². The first-order valence-electron chi connectivity index (χ1n) is 7.03. The van der Waals surface area contributed by atoms with Crippen molar-refractivity contribution < 1.29 is 13.2 Å². The Bertz CT molecular complexity index is 824. The number of hydrogen-bond acceptors (Lipinski definition) is 3. The fraction of sp³-hybridized carbons (Fsp3) is 0.267. The highest BCUT2D eigenvalue weighted by Gasteiger charge is 2.19. The van der Waals surface area contributed by atoms with E-state index in [-0.39, 0.29) is 4.90 Å². The van der Waals surface area contributed by atoms with Gasteiger partial charge in [-0.25, -0.2) is 8.42 Å². The van der Waals surface area contributed by atoms with Gasteiger partial charge in [-0.05, 0) is 54.7 Å². The van der Waals surface area contributed by atoms with Crippen LogP contribution in [0.3, 0.4) is 0 Å². The zero-order chi connectivity index (χ0) is 15.7. The van der Waals surface area contributed by atoms with Gasteiger partial charge < -0.3 is 4.57 Å². The van der Waals surface area contributed by atoms with Crippen molar-refractivity contribution in [3.8, 4) is 0 Å². The quantitative estimate of drug-likeness (QED) is 0.829. The van der Waals surface area contributed by atoms with E-state index >= 15 is 0 Å². The average Bonchev–Trinajstić information content (AvgIpc) is 3.12. The molecular formula is C15H17N3O3S. The van der Waals surface area contributed by atoms with Crippen molar-refractivity contribution in [2.24, 2.45) is 7.05 Å². The molecule has 1 aliphatic carbocycles. The molecule has 0 aliphatic heterocycles. The second-order valence-electron chi connectivity index (χ2n) is 5.35. The SMILES string of the molecule is Cn1cccc1C(=O)NNS(=O)(=O)c1ccc2c(c1)CCC2. The Morgan fingerprint density at radius 1 is 1.18 bits per heavy atom. The predicted molar refractivity (Wildman–Crippen MR) is 81.7 cm³/mol. The summed E-state index contributed by atoms with van der Waals surface area (Å²) in [6.45, 7) is 0. The van der Waals surface area contributed by atoms with Crippen LogP contribution in [0.5, 0.6) is 0 Å². The van der Waals surface area contributed by atoms with E-state index in [9.17, 15) is 13.2 Å². The maximum atomic E-state index is 12.3. The van der Waals surface area contributed by atoms with E-state index in [1.165, 1.54) is 5.56 Å². The maximum Gasteiger partial charge on any atom is 0.282 e. The van der Waals surface area contributed by atoms with E-state index in [2.05, 4.69) is 10.3 Å². The van der Waals surface area contributed by atoms with Gasteiger partial charge in [0, 0.05) is 13.2 Å². The van der Waals surface area contributed by atoms with Crippen molar-refractivity contribution >= 4 is 15.9 Å². The lowest BCUT2D eigenvalue weighted by atomic mass is 10.1. The predicted octanol–water partition coefficient (Wildman–Crippen LogP) is 1.14. The molecule has 6 nitrogen and oxygen atoms in total. The number of sulfonamides is 1. The molecule has 1 aliphatic rings. The van der Waals surface area contributed by atoms with Crippen LogP contribution in [0.4, 0.5) is 0 Å². The molecule has 2 aromatic rings. The molecule has 7 heteroatoms. The Hall–Kier alpha value is -2.12. The lowest BCUT2D eigenvalue weighted by Crippen LogP contribution is -2.42. The number of aryl methyl sites for hydroxylation is 3. The normalized spacial score (nSPS) is 13.9. The van der Waals surface area contributed by atoms with Crippen molar-refractivity contribution in [2.45, 2.75) is 24.2 Å². The average molecular weight is 319 g/mol. The number of aromatic nitrogens is 1. The third kappa shape index (κ3) is 2.77. The molecule has 3 rings (SSSR count). The summed E-state index contributed by atoms with van der Waals surface area (Å²) < 4.78 is 26.1. The van der Waals surface area contributed by atoms with E-state index in [4.69, 9.17) is 0 Å². The molecule has 0 saturated carbocycles. The Labute approximate surface area is 129 Å². The smallest absolute Gasteiger partial charge is 0.282 e. The third-order valence-electron chi connectivity index (χ3n) is 3.86. The number of hydrazine groups is 1. The number of carbonyl (C=O) groups is 1. The standard InChI is InChI=1S/C15H17N3O3S/c1-18-9-3-6-14(18)15(19)16-17-22(20,21)13-8-7-11-4-2-5-12(11)10-13/h3,6-10,17H,2,4-5H2,1H3,(H,16,19). The van der Waals surface area contributed by atoms with Gasteiger partial charge in [-0.2, -0.15) is 0 Å². The summed E-state index contributed by atoms with van der Waals surface area (Å²) in [6, 6.07) is 8.42. The van der Waals surface area contributed by atoms with E-state index in [1.807, 2.05) is 6.07 Å². The third-order valence-corrected chi connectivity index (χ3v) is 5.10. The minimum atomic E-state index is -3.77. The van der Waals surface area contributed by atoms with Crippen LogP contribution in [0, 0.1) is 0 Å². The highest BCUT2D eigenvalue weighted by molar-refractivity contribution is 7.89. The molecule has 0 unspecified atom stereocenters. The summed E-state index contributed by atoms with van der Waals surface area (Å²) in [4.78, 5) is 14.2. The van der Waals surface area contributed by atoms with Crippen LogP contribution in [0.15, 0.2) is 41.4 Å². The minimum absolute atomic E-state index is 0.167. The lowest BCUT2D eigenvalue weighted by Gasteiger charge is -2.10. The molecule has 0 atom stereocenters. The fourth-order valence-corrected chi connectivity index (χ4v) is 3.54. The van der Waals surface area contributed by atoms with Gasteiger partial charge in [0.05, 0.1) is 4.90 Å². The zero-order valence-electron chi connectivity index (χ0n) is 12.2. The summed E-state index contributed by atoms with van der Waals surface area (Å²) in [5, 5.41) is 0. The van der Waals surface area contributed by atoms with Crippen LogP contribution < -0.4 is 10.3 Å². The first-order chi connectivity index (χ1) is 10.5. The monoisotopic (exact) mass is 319 g/mol. The molecule has 1 aromatic carbocycles. The molecule has 1 aromatic heterocycles. The Morgan fingerprint density at radius 2 is 1.95 bits per heavy atom. The Balaban J connectivity index is 1.74. The molecule has 2 N–H and O–H groups in total. The first-order valence-corrected chi connectivity index (χ1v) is 8.51. The number of fused-ring (bicyclic) bond motifs is 1. The second kappa shape index (κ2) is 5.58. The molecule has 0 spiro atoms. The molecule has 0 radical (unpaired) electrons. The largest absolute Gasteiger partial charge is 0.347 e. The molecule has 116 valence electrons. The van der Waals surface area contributed by atoms with Crippen molar-refractivity contribution in [2.75, 3.05) is 0 Å². The summed E-state index contributed by atoms with van der Waals surface area (Å²) in [6.07, 6.45) is 4.65. The Kier molecular flexibility index (Phi) is 3.76. The molecule has 1 amide bonds. The number of benzene rings is 1. The van der Waals surface area contributed by atoms with Crippen LogP contribution in [0.1, 0.15) is 28.0 Å². The van der Waals surface area contributed by atoms with Crippen LogP contribution in [-0.4, -0.2) is 18.9 Å². The molecular weight excluding hydrogens is 302 g/mol. The summed E-state index contributed by atoms with van der Waals surface area (Å²) in [7, 11) is -2.06. The number of nitrogens with one attached hydrogen (secondary N) is 2. The summed E-state index contributed by atoms with van der Waals surface area (Å²) >= 11 is 0. The number of carbonyl (C=O) groups excluding carboxylic acids is 1. The lowest BCUT2D eigenvalue weighted by molar-refractivity contribution is 0.0937. The van der Waals surface area contributed by atoms with Gasteiger partial charge in [-0.3, -0.25) is 10.2 Å². The fourth-order valence-electron chi connectivity index (χ4n) is 2.65. The second-order valence-corrected chi connectivity index (χ2v) is 7.03. The van der Waals surface area contributed by atoms with Gasteiger partial charge in [0.1, 0.15) is 5.69 Å². The minimum Gasteiger partial charge on any atom is -0.347 e. The molecule has 22 heavy (non-hydrogen) atoms. The van der Waals surface area contributed by atoms with Gasteiger partial charge in [-0.15, -0.1) is 4.83 Å². The van der Waals surface area contributed by atoms with E-state index in [1.54, 1.807) is 42.1 Å². The summed E-state index contributed by atoms with van der Waals surface area (Å²) in [5.74, 6) is -0.503. The van der Waals surface area contributed by atoms with Crippen molar-refractivity contribution in [1.82, 2.24) is 14.8 Å². The van der Waals surface area contributed by atoms with Crippen LogP contribution >= 0.6 is 0 Å². The van der Waals surface area contributed by atoms with Crippen molar-refractivity contribution in [1.29, 1.82) is 0 Å². The molecule has 0 bridgehead atoms. The van der Waals surface area contributed by atoms with Gasteiger partial charge in [0.2, 0.25) is 0 Å². The number of amides is 1. The van der Waals surface area contributed by atoms with Crippen LogP contribution in [-0.2, 0) is 29.9 Å². The number of hydrogen-bond donors (Lipinski definition) is 2. The number of rotatable bonds is 4. The molecule has 1 heterocycles. The topological polar surface area (TPSA) is 80.2 Å². The first kappa shape index (κ1) is 14.8. The molecule has 0 saturated heterocycles. The van der Waals surface area contributed by atoms with E-state index in [0.717, 1.165) is 24.8 Å². The van der Waals surface area contributed by atoms with E-state index < -0.39 is 15.9 Å².